The summed E-state index contributed by atoms with van der Waals surface area (Å²) in [4.78, 5) is 10.7. The molecule has 76 valence electrons. The van der Waals surface area contributed by atoms with Gasteiger partial charge < -0.3 is 20.7 Å². The first kappa shape index (κ1) is 10.7. The van der Waals surface area contributed by atoms with Crippen molar-refractivity contribution in [2.24, 2.45) is 0 Å². The minimum absolute atomic E-state index is 0.173. The van der Waals surface area contributed by atoms with Crippen molar-refractivity contribution in [3.05, 3.63) is 35.9 Å². The van der Waals surface area contributed by atoms with Crippen LogP contribution >= 0.6 is 0 Å². The maximum atomic E-state index is 10.7. The Labute approximate surface area is 82.0 Å². The first-order chi connectivity index (χ1) is 6.58. The van der Waals surface area contributed by atoms with E-state index in [4.69, 9.17) is 5.11 Å². The zero-order valence-electron chi connectivity index (χ0n) is 7.77. The van der Waals surface area contributed by atoms with Gasteiger partial charge >= 0.3 is 0 Å². The number of hydrogen-bond acceptors (Lipinski definition) is 3. The molecule has 0 radical (unpaired) electrons. The third-order valence-corrected chi connectivity index (χ3v) is 2.12. The summed E-state index contributed by atoms with van der Waals surface area (Å²) in [6.45, 7) is -0.524. The van der Waals surface area contributed by atoms with E-state index in [2.05, 4.69) is 5.73 Å². The molecule has 0 saturated carbocycles. The summed E-state index contributed by atoms with van der Waals surface area (Å²) >= 11 is 0. The van der Waals surface area contributed by atoms with Crippen LogP contribution in [-0.4, -0.2) is 23.2 Å². The van der Waals surface area contributed by atoms with Crippen molar-refractivity contribution >= 4 is 5.97 Å². The summed E-state index contributed by atoms with van der Waals surface area (Å²) in [6, 6.07) is 9.04. The second-order valence-corrected chi connectivity index (χ2v) is 3.39. The van der Waals surface area contributed by atoms with Gasteiger partial charge in [-0.2, -0.15) is 0 Å². The number of benzene rings is 1. The van der Waals surface area contributed by atoms with Crippen molar-refractivity contribution in [1.29, 1.82) is 0 Å². The molecule has 1 aromatic carbocycles. The predicted molar refractivity (Wildman–Crippen MR) is 47.9 cm³/mol. The van der Waals surface area contributed by atoms with Gasteiger partial charge in [-0.1, -0.05) is 30.3 Å². The topological polar surface area (TPSA) is 88.0 Å². The number of carboxylic acids is 1. The van der Waals surface area contributed by atoms with Crippen LogP contribution in [0.15, 0.2) is 30.3 Å². The molecule has 1 rings (SSSR count). The Morgan fingerprint density at radius 2 is 2.00 bits per heavy atom. The van der Waals surface area contributed by atoms with E-state index in [9.17, 15) is 9.90 Å². The molecule has 4 heteroatoms. The summed E-state index contributed by atoms with van der Waals surface area (Å²) in [5, 5.41) is 19.7. The first-order valence-corrected chi connectivity index (χ1v) is 4.30. The van der Waals surface area contributed by atoms with Gasteiger partial charge in [0.2, 0.25) is 0 Å². The van der Waals surface area contributed by atoms with Crippen molar-refractivity contribution < 1.29 is 20.7 Å². The van der Waals surface area contributed by atoms with Gasteiger partial charge in [0.1, 0.15) is 12.6 Å². The van der Waals surface area contributed by atoms with Gasteiger partial charge in [0.05, 0.1) is 0 Å². The Morgan fingerprint density at radius 1 is 1.43 bits per heavy atom. The fraction of sp³-hybridized carbons (Fsp3) is 0.300. The van der Waals surface area contributed by atoms with Gasteiger partial charge in [-0.25, -0.2) is 0 Å². The predicted octanol–water partition coefficient (Wildman–Crippen LogP) is -2.05. The quantitative estimate of drug-likeness (QED) is 0.579. The Kier molecular flexibility index (Phi) is 3.22. The maximum absolute atomic E-state index is 10.7. The monoisotopic (exact) mass is 195 g/mol. The highest BCUT2D eigenvalue weighted by molar-refractivity contribution is 5.75. The second kappa shape index (κ2) is 4.21. The number of aliphatic hydroxyl groups is 1. The zero-order chi connectivity index (χ0) is 10.6. The van der Waals surface area contributed by atoms with E-state index in [0.29, 0.717) is 0 Å². The van der Waals surface area contributed by atoms with Crippen LogP contribution in [0, 0.1) is 0 Å². The van der Waals surface area contributed by atoms with E-state index < -0.39 is 18.1 Å². The van der Waals surface area contributed by atoms with E-state index in [1.165, 1.54) is 0 Å². The lowest BCUT2D eigenvalue weighted by atomic mass is 9.93. The highest BCUT2D eigenvalue weighted by Gasteiger charge is 2.30. The van der Waals surface area contributed by atoms with Crippen molar-refractivity contribution in [3.8, 4) is 0 Å². The molecule has 0 fully saturated rings. The molecule has 0 aromatic heterocycles. The molecule has 4 nitrogen and oxygen atoms in total. The number of carbonyl (C=O) groups is 1. The first-order valence-electron chi connectivity index (χ1n) is 4.30. The minimum atomic E-state index is -1.44. The normalized spacial score (nSPS) is 14.7. The number of rotatable bonds is 4. The van der Waals surface area contributed by atoms with E-state index >= 15 is 0 Å². The number of carbonyl (C=O) groups excluding carboxylic acids is 1. The summed E-state index contributed by atoms with van der Waals surface area (Å²) in [5.41, 5.74) is 2.85. The van der Waals surface area contributed by atoms with Crippen LogP contribution in [0.1, 0.15) is 5.56 Å². The van der Waals surface area contributed by atoms with E-state index in [0.717, 1.165) is 5.56 Å². The van der Waals surface area contributed by atoms with E-state index in [1.807, 2.05) is 18.2 Å². The SMILES string of the molecule is [NH3+][C@@](CO)(Cc1ccccc1)C(=O)[O-]. The molecule has 0 saturated heterocycles. The minimum Gasteiger partial charge on any atom is -0.544 e. The zero-order valence-corrected chi connectivity index (χ0v) is 7.77. The average Bonchev–Trinajstić information content (AvgIpc) is 2.19. The lowest BCUT2D eigenvalue weighted by Crippen LogP contribution is -2.82. The Balaban J connectivity index is 2.81. The molecule has 14 heavy (non-hydrogen) atoms. The Morgan fingerprint density at radius 3 is 2.43 bits per heavy atom. The van der Waals surface area contributed by atoms with Crippen LogP contribution in [0.3, 0.4) is 0 Å². The fourth-order valence-electron chi connectivity index (χ4n) is 1.18. The standard InChI is InChI=1S/C10H13NO3/c11-10(7-12,9(13)14)6-8-4-2-1-3-5-8/h1-5,12H,6-7,11H2,(H,13,14)/t10-/m1/s1. The fourth-order valence-corrected chi connectivity index (χ4v) is 1.18. The smallest absolute Gasteiger partial charge is 0.162 e. The molecule has 0 bridgehead atoms. The lowest BCUT2D eigenvalue weighted by molar-refractivity contribution is -0.490. The summed E-state index contributed by atoms with van der Waals surface area (Å²) < 4.78 is 0. The molecular weight excluding hydrogens is 182 g/mol. The third kappa shape index (κ3) is 2.31. The molecule has 0 amide bonds. The molecule has 4 N–H and O–H groups in total. The molecule has 0 aliphatic carbocycles. The van der Waals surface area contributed by atoms with Crippen LogP contribution in [0.4, 0.5) is 0 Å². The van der Waals surface area contributed by atoms with Crippen LogP contribution in [-0.2, 0) is 11.2 Å². The van der Waals surface area contributed by atoms with Crippen molar-refractivity contribution in [2.75, 3.05) is 6.61 Å². The third-order valence-electron chi connectivity index (χ3n) is 2.12. The number of quaternary nitrogens is 1. The molecule has 1 aromatic rings. The average molecular weight is 195 g/mol. The highest BCUT2D eigenvalue weighted by Crippen LogP contribution is 2.08. The second-order valence-electron chi connectivity index (χ2n) is 3.39. The van der Waals surface area contributed by atoms with E-state index in [-0.39, 0.29) is 6.42 Å². The van der Waals surface area contributed by atoms with Gasteiger partial charge in [0.15, 0.2) is 5.54 Å². The van der Waals surface area contributed by atoms with Crippen LogP contribution < -0.4 is 10.8 Å². The molecular formula is C10H13NO3. The molecule has 0 spiro atoms. The van der Waals surface area contributed by atoms with Crippen LogP contribution in [0.25, 0.3) is 0 Å². The van der Waals surface area contributed by atoms with Gasteiger partial charge in [-0.05, 0) is 5.56 Å². The number of aliphatic hydroxyl groups excluding tert-OH is 1. The number of hydrogen-bond donors (Lipinski definition) is 2. The summed E-state index contributed by atoms with van der Waals surface area (Å²) in [6.07, 6.45) is 0.173. The van der Waals surface area contributed by atoms with Gasteiger partial charge in [0, 0.05) is 6.42 Å². The molecule has 0 aliphatic rings. The van der Waals surface area contributed by atoms with Crippen LogP contribution in [0.5, 0.6) is 0 Å². The summed E-state index contributed by atoms with van der Waals surface area (Å²) in [7, 11) is 0. The van der Waals surface area contributed by atoms with Crippen molar-refractivity contribution in [1.82, 2.24) is 0 Å². The van der Waals surface area contributed by atoms with Gasteiger partial charge in [-0.3, -0.25) is 0 Å². The molecule has 0 aliphatic heterocycles. The number of aliphatic carboxylic acids is 1. The molecule has 0 heterocycles. The van der Waals surface area contributed by atoms with Crippen molar-refractivity contribution in [3.63, 3.8) is 0 Å². The molecule has 1 atom stereocenters. The largest absolute Gasteiger partial charge is 0.544 e. The Bertz CT molecular complexity index is 312. The van der Waals surface area contributed by atoms with Gasteiger partial charge in [0.25, 0.3) is 0 Å². The molecule has 0 unspecified atom stereocenters. The Hall–Kier alpha value is -1.39. The van der Waals surface area contributed by atoms with Crippen LogP contribution in [0.2, 0.25) is 0 Å². The number of carboxylic acid groups (broad SMARTS) is 1. The van der Waals surface area contributed by atoms with E-state index in [1.54, 1.807) is 12.1 Å². The van der Waals surface area contributed by atoms with Crippen molar-refractivity contribution in [2.45, 2.75) is 12.0 Å². The maximum Gasteiger partial charge on any atom is 0.162 e. The summed E-state index contributed by atoms with van der Waals surface area (Å²) in [5.74, 6) is -1.33. The highest BCUT2D eigenvalue weighted by atomic mass is 16.4. The van der Waals surface area contributed by atoms with Gasteiger partial charge in [-0.15, -0.1) is 0 Å². The lowest BCUT2D eigenvalue weighted by Gasteiger charge is -2.24.